The van der Waals surface area contributed by atoms with Crippen LogP contribution in [0.3, 0.4) is 0 Å². The van der Waals surface area contributed by atoms with Crippen LogP contribution in [0.1, 0.15) is 11.1 Å². The van der Waals surface area contributed by atoms with Gasteiger partial charge in [0.15, 0.2) is 0 Å². The van der Waals surface area contributed by atoms with E-state index in [4.69, 9.17) is 9.68 Å². The molecule has 0 unspecified atom stereocenters. The Hall–Kier alpha value is -2.64. The van der Waals surface area contributed by atoms with Crippen LogP contribution < -0.4 is 5.48 Å². The van der Waals surface area contributed by atoms with Crippen LogP contribution in [-0.2, 0) is 27.6 Å². The lowest BCUT2D eigenvalue weighted by Gasteiger charge is -2.37. The predicted octanol–water partition coefficient (Wildman–Crippen LogP) is 4.46. The first kappa shape index (κ1) is 21.6. The van der Waals surface area contributed by atoms with E-state index in [-0.39, 0.29) is 17.9 Å². The Labute approximate surface area is 187 Å². The molecule has 6 heteroatoms. The van der Waals surface area contributed by atoms with E-state index in [1.165, 1.54) is 5.06 Å². The van der Waals surface area contributed by atoms with E-state index in [0.717, 1.165) is 16.0 Å². The predicted molar refractivity (Wildman–Crippen MR) is 122 cm³/mol. The maximum atomic E-state index is 13.3. The highest BCUT2D eigenvalue weighted by atomic mass is 32.2. The lowest BCUT2D eigenvalue weighted by atomic mass is 10.0. The van der Waals surface area contributed by atoms with Gasteiger partial charge in [-0.15, -0.1) is 11.8 Å². The number of hydrogen-bond acceptors (Lipinski definition) is 5. The van der Waals surface area contributed by atoms with Gasteiger partial charge >= 0.3 is 0 Å². The van der Waals surface area contributed by atoms with Crippen LogP contribution in [-0.4, -0.2) is 29.4 Å². The molecule has 1 N–H and O–H groups in total. The van der Waals surface area contributed by atoms with Crippen molar-refractivity contribution in [1.82, 2.24) is 10.5 Å². The molecule has 0 spiro atoms. The number of rotatable bonds is 9. The highest BCUT2D eigenvalue weighted by molar-refractivity contribution is 7.99. The van der Waals surface area contributed by atoms with Crippen LogP contribution in [0.4, 0.5) is 0 Å². The zero-order valence-corrected chi connectivity index (χ0v) is 18.0. The summed E-state index contributed by atoms with van der Waals surface area (Å²) in [4.78, 5) is 26.0. The molecule has 1 heterocycles. The average Bonchev–Trinajstić information content (AvgIpc) is 2.82. The summed E-state index contributed by atoms with van der Waals surface area (Å²) in [5, 5.41) is 1.49. The van der Waals surface area contributed by atoms with Gasteiger partial charge in [-0.1, -0.05) is 78.9 Å². The number of amides is 1. The Bertz CT molecular complexity index is 941. The molecular weight excluding hydrogens is 408 g/mol. The fourth-order valence-electron chi connectivity index (χ4n) is 3.39. The van der Waals surface area contributed by atoms with Gasteiger partial charge in [0.05, 0.1) is 31.7 Å². The molecule has 1 aliphatic rings. The molecule has 3 aromatic carbocycles. The van der Waals surface area contributed by atoms with E-state index in [0.29, 0.717) is 25.5 Å². The van der Waals surface area contributed by atoms with Crippen LogP contribution in [0, 0.1) is 5.92 Å². The molecule has 0 saturated carbocycles. The van der Waals surface area contributed by atoms with Crippen molar-refractivity contribution in [2.45, 2.75) is 24.1 Å². The Kier molecular flexibility index (Phi) is 7.74. The Balaban J connectivity index is 1.41. The van der Waals surface area contributed by atoms with Crippen LogP contribution in [0.15, 0.2) is 95.9 Å². The number of carbonyl (C=O) groups is 1. The van der Waals surface area contributed by atoms with Gasteiger partial charge in [-0.3, -0.25) is 14.5 Å². The van der Waals surface area contributed by atoms with Gasteiger partial charge in [0.1, 0.15) is 0 Å². The number of thioether (sulfide) groups is 1. The smallest absolute Gasteiger partial charge is 0.252 e. The summed E-state index contributed by atoms with van der Waals surface area (Å²) in [6.07, 6.45) is 0. The third kappa shape index (κ3) is 6.18. The normalized spacial score (nSPS) is 18.8. The van der Waals surface area contributed by atoms with E-state index >= 15 is 0 Å². The Morgan fingerprint density at radius 1 is 0.903 bits per heavy atom. The summed E-state index contributed by atoms with van der Waals surface area (Å²) in [5.41, 5.74) is 5.19. The fraction of sp³-hybridized carbons (Fsp3) is 0.240. The molecule has 31 heavy (non-hydrogen) atoms. The van der Waals surface area contributed by atoms with Crippen molar-refractivity contribution < 1.29 is 14.5 Å². The molecule has 1 aliphatic heterocycles. The second kappa shape index (κ2) is 11.1. The molecule has 3 aromatic rings. The Morgan fingerprint density at radius 2 is 1.52 bits per heavy atom. The van der Waals surface area contributed by atoms with Gasteiger partial charge in [-0.05, 0) is 23.3 Å². The molecule has 1 amide bonds. The fourth-order valence-corrected chi connectivity index (χ4v) is 4.49. The minimum atomic E-state index is -0.265. The van der Waals surface area contributed by atoms with Crippen LogP contribution in [0.25, 0.3) is 0 Å². The first-order valence-corrected chi connectivity index (χ1v) is 11.4. The molecular formula is C25H26N2O3S. The molecule has 0 radical (unpaired) electrons. The number of hydroxylamine groups is 3. The molecule has 0 aliphatic carbocycles. The Morgan fingerprint density at radius 3 is 2.19 bits per heavy atom. The van der Waals surface area contributed by atoms with Crippen molar-refractivity contribution in [3.8, 4) is 0 Å². The van der Waals surface area contributed by atoms with E-state index < -0.39 is 0 Å². The third-order valence-corrected chi connectivity index (χ3v) is 6.25. The minimum absolute atomic E-state index is 0.0284. The summed E-state index contributed by atoms with van der Waals surface area (Å²) in [6, 6.07) is 29.7. The summed E-state index contributed by atoms with van der Waals surface area (Å²) >= 11 is 1.67. The van der Waals surface area contributed by atoms with Crippen molar-refractivity contribution in [3.05, 3.63) is 102 Å². The van der Waals surface area contributed by atoms with E-state index in [2.05, 4.69) is 17.6 Å². The van der Waals surface area contributed by atoms with Crippen molar-refractivity contribution in [2.75, 3.05) is 12.4 Å². The standard InChI is InChI=1S/C25H26N2O3S/c28-25-23(19-31-22-14-8-3-9-15-22)24(26-29-17-21-12-6-2-7-13-21)18-30-27(25)16-20-10-4-1-5-11-20/h1-15,23-24,26H,16-19H2/t23-,24+/m0/s1. The lowest BCUT2D eigenvalue weighted by molar-refractivity contribution is -0.221. The highest BCUT2D eigenvalue weighted by Gasteiger charge is 2.38. The van der Waals surface area contributed by atoms with Crippen molar-refractivity contribution in [1.29, 1.82) is 0 Å². The zero-order valence-electron chi connectivity index (χ0n) is 17.2. The molecule has 1 saturated heterocycles. The molecule has 1 fully saturated rings. The topological polar surface area (TPSA) is 50.8 Å². The minimum Gasteiger partial charge on any atom is -0.297 e. The number of carbonyl (C=O) groups excluding carboxylic acids is 1. The third-order valence-electron chi connectivity index (χ3n) is 5.12. The highest BCUT2D eigenvalue weighted by Crippen LogP contribution is 2.27. The number of hydrogen-bond donors (Lipinski definition) is 1. The summed E-state index contributed by atoms with van der Waals surface area (Å²) in [5.74, 6) is 0.349. The van der Waals surface area contributed by atoms with Gasteiger partial charge in [0, 0.05) is 10.6 Å². The van der Waals surface area contributed by atoms with Crippen molar-refractivity contribution in [3.63, 3.8) is 0 Å². The monoisotopic (exact) mass is 434 g/mol. The van der Waals surface area contributed by atoms with Gasteiger partial charge in [-0.2, -0.15) is 5.48 Å². The number of nitrogens with one attached hydrogen (secondary N) is 1. The van der Waals surface area contributed by atoms with E-state index in [9.17, 15) is 4.79 Å². The number of nitrogens with zero attached hydrogens (tertiary/aromatic N) is 1. The zero-order chi connectivity index (χ0) is 21.3. The quantitative estimate of drug-likeness (QED) is 0.398. The molecule has 160 valence electrons. The summed E-state index contributed by atoms with van der Waals surface area (Å²) < 4.78 is 0. The first-order valence-electron chi connectivity index (χ1n) is 10.4. The van der Waals surface area contributed by atoms with E-state index in [1.54, 1.807) is 11.8 Å². The van der Waals surface area contributed by atoms with Crippen LogP contribution in [0.5, 0.6) is 0 Å². The van der Waals surface area contributed by atoms with Crippen LogP contribution in [0.2, 0.25) is 0 Å². The SMILES string of the molecule is O=C1[C@@H](CSc2ccccc2)[C@H](NOCc2ccccc2)CON1Cc1ccccc1. The maximum Gasteiger partial charge on any atom is 0.252 e. The number of benzene rings is 3. The molecule has 0 bridgehead atoms. The average molecular weight is 435 g/mol. The summed E-state index contributed by atoms with van der Waals surface area (Å²) in [6.45, 7) is 1.23. The second-order valence-electron chi connectivity index (χ2n) is 7.39. The molecule has 0 aromatic heterocycles. The summed E-state index contributed by atoms with van der Waals surface area (Å²) in [7, 11) is 0. The van der Waals surface area contributed by atoms with Gasteiger partial charge in [-0.25, -0.2) is 5.06 Å². The molecule has 2 atom stereocenters. The molecule has 4 rings (SSSR count). The van der Waals surface area contributed by atoms with Crippen LogP contribution >= 0.6 is 11.8 Å². The van der Waals surface area contributed by atoms with E-state index in [1.807, 2.05) is 78.9 Å². The van der Waals surface area contributed by atoms with Gasteiger partial charge < -0.3 is 0 Å². The molecule has 5 nitrogen and oxygen atoms in total. The largest absolute Gasteiger partial charge is 0.297 e. The second-order valence-corrected chi connectivity index (χ2v) is 8.48. The lowest BCUT2D eigenvalue weighted by Crippen LogP contribution is -2.55. The van der Waals surface area contributed by atoms with Gasteiger partial charge in [0.25, 0.3) is 5.91 Å². The maximum absolute atomic E-state index is 13.3. The van der Waals surface area contributed by atoms with Gasteiger partial charge in [0.2, 0.25) is 0 Å². The van der Waals surface area contributed by atoms with Crippen molar-refractivity contribution >= 4 is 17.7 Å². The first-order chi connectivity index (χ1) is 15.3. The van der Waals surface area contributed by atoms with Crippen molar-refractivity contribution in [2.24, 2.45) is 5.92 Å².